The summed E-state index contributed by atoms with van der Waals surface area (Å²) < 4.78 is 13.3. The van der Waals surface area contributed by atoms with Gasteiger partial charge in [0.05, 0.1) is 6.54 Å². The second kappa shape index (κ2) is 14.4. The van der Waals surface area contributed by atoms with Crippen molar-refractivity contribution in [1.82, 2.24) is 14.4 Å². The lowest BCUT2D eigenvalue weighted by atomic mass is 10.0. The van der Waals surface area contributed by atoms with Crippen molar-refractivity contribution in [3.63, 3.8) is 0 Å². The first-order valence-electron chi connectivity index (χ1n) is 16.3. The smallest absolute Gasteiger partial charge is 0.410 e. The Bertz CT molecular complexity index is 1620. The van der Waals surface area contributed by atoms with Gasteiger partial charge in [-0.25, -0.2) is 4.79 Å². The number of amides is 2. The first kappa shape index (κ1) is 33.1. The second-order valence-electron chi connectivity index (χ2n) is 13.3. The van der Waals surface area contributed by atoms with Crippen molar-refractivity contribution >= 4 is 28.6 Å². The third-order valence-corrected chi connectivity index (χ3v) is 8.47. The average Bonchev–Trinajstić information content (AvgIpc) is 3.40. The number of aromatic nitrogens is 1. The van der Waals surface area contributed by atoms with Crippen LogP contribution in [0.1, 0.15) is 46.6 Å². The van der Waals surface area contributed by atoms with Gasteiger partial charge in [-0.1, -0.05) is 60.7 Å². The molecular formula is C38H48N4O4. The number of nitrogens with zero attached hydrogens (tertiary/aromatic N) is 4. The Morgan fingerprint density at radius 2 is 1.65 bits per heavy atom. The Morgan fingerprint density at radius 3 is 2.37 bits per heavy atom. The maximum absolute atomic E-state index is 14.8. The fourth-order valence-corrected chi connectivity index (χ4v) is 6.19. The van der Waals surface area contributed by atoms with Gasteiger partial charge in [-0.15, -0.1) is 0 Å². The van der Waals surface area contributed by atoms with Crippen molar-refractivity contribution in [3.8, 4) is 11.1 Å². The van der Waals surface area contributed by atoms with Gasteiger partial charge < -0.3 is 28.7 Å². The number of methoxy groups -OCH3 is 1. The van der Waals surface area contributed by atoms with Crippen LogP contribution in [-0.4, -0.2) is 77.4 Å². The molecule has 2 amide bonds. The number of hydrogen-bond donors (Lipinski definition) is 0. The van der Waals surface area contributed by atoms with Gasteiger partial charge in [-0.2, -0.15) is 0 Å². The van der Waals surface area contributed by atoms with Gasteiger partial charge >= 0.3 is 6.09 Å². The average molecular weight is 625 g/mol. The van der Waals surface area contributed by atoms with E-state index in [0.717, 1.165) is 46.2 Å². The van der Waals surface area contributed by atoms with E-state index in [0.29, 0.717) is 26.2 Å². The summed E-state index contributed by atoms with van der Waals surface area (Å²) in [6, 6.07) is 26.3. The number of carbonyl (C=O) groups is 2. The molecule has 5 rings (SSSR count). The van der Waals surface area contributed by atoms with Crippen LogP contribution in [0.4, 0.5) is 10.5 Å². The maximum atomic E-state index is 14.8. The summed E-state index contributed by atoms with van der Waals surface area (Å²) in [5, 5.41) is 1.14. The monoisotopic (exact) mass is 624 g/mol. The normalized spacial score (nSPS) is 15.4. The second-order valence-corrected chi connectivity index (χ2v) is 13.3. The highest BCUT2D eigenvalue weighted by atomic mass is 16.6. The standard InChI is InChI=1S/C38H48N4O4/c1-28(2)42(26-31-25-39(20-13-23-45-6)34-19-11-10-18-33(31)34)36(43)35-27-40(37(44)46-38(3,4)5)21-22-41(35)32-17-12-16-30(24-32)29-14-8-7-9-15-29/h7-12,14-19,24-25,28,35H,13,20-23,26-27H2,1-6H3. The number of para-hydroxylation sites is 1. The Morgan fingerprint density at radius 1 is 0.935 bits per heavy atom. The maximum Gasteiger partial charge on any atom is 0.410 e. The van der Waals surface area contributed by atoms with E-state index < -0.39 is 17.7 Å². The number of benzene rings is 3. The fraction of sp³-hybridized carbons (Fsp3) is 0.421. The number of carbonyl (C=O) groups excluding carboxylic acids is 2. The Balaban J connectivity index is 1.48. The molecule has 3 aromatic carbocycles. The van der Waals surface area contributed by atoms with Gasteiger partial charge in [0.25, 0.3) is 0 Å². The molecule has 1 aliphatic rings. The summed E-state index contributed by atoms with van der Waals surface area (Å²) >= 11 is 0. The largest absolute Gasteiger partial charge is 0.444 e. The lowest BCUT2D eigenvalue weighted by molar-refractivity contribution is -0.135. The third-order valence-electron chi connectivity index (χ3n) is 8.47. The number of hydrogen-bond acceptors (Lipinski definition) is 5. The predicted octanol–water partition coefficient (Wildman–Crippen LogP) is 7.21. The fourth-order valence-electron chi connectivity index (χ4n) is 6.19. The number of ether oxygens (including phenoxy) is 2. The van der Waals surface area contributed by atoms with Crippen LogP contribution in [0, 0.1) is 0 Å². The van der Waals surface area contributed by atoms with Crippen LogP contribution in [0.3, 0.4) is 0 Å². The Labute approximate surface area is 273 Å². The van der Waals surface area contributed by atoms with Crippen LogP contribution in [-0.2, 0) is 27.4 Å². The molecule has 0 saturated carbocycles. The van der Waals surface area contributed by atoms with Gasteiger partial charge in [0.1, 0.15) is 11.6 Å². The number of fused-ring (bicyclic) bond motifs is 1. The first-order chi connectivity index (χ1) is 22.1. The Hall–Kier alpha value is -4.30. The predicted molar refractivity (Wildman–Crippen MR) is 185 cm³/mol. The zero-order valence-electron chi connectivity index (χ0n) is 28.1. The molecule has 0 aliphatic carbocycles. The van der Waals surface area contributed by atoms with Gasteiger partial charge in [0.15, 0.2) is 0 Å². The zero-order valence-corrected chi connectivity index (χ0v) is 28.1. The van der Waals surface area contributed by atoms with E-state index in [1.54, 1.807) is 12.0 Å². The lowest BCUT2D eigenvalue weighted by Crippen LogP contribution is -2.61. The molecule has 8 nitrogen and oxygen atoms in total. The molecule has 0 radical (unpaired) electrons. The van der Waals surface area contributed by atoms with Crippen molar-refractivity contribution in [2.75, 3.05) is 38.3 Å². The minimum Gasteiger partial charge on any atom is -0.444 e. The minimum absolute atomic E-state index is 0.00964. The van der Waals surface area contributed by atoms with Crippen LogP contribution >= 0.6 is 0 Å². The molecule has 1 atom stereocenters. The summed E-state index contributed by atoms with van der Waals surface area (Å²) in [6.07, 6.45) is 2.69. The van der Waals surface area contributed by atoms with E-state index in [1.165, 1.54) is 0 Å². The Kier molecular flexibility index (Phi) is 10.4. The molecule has 0 bridgehead atoms. The molecule has 2 heterocycles. The number of piperazine rings is 1. The summed E-state index contributed by atoms with van der Waals surface area (Å²) in [5.41, 5.74) is 4.79. The van der Waals surface area contributed by atoms with Gasteiger partial charge in [0.2, 0.25) is 5.91 Å². The topological polar surface area (TPSA) is 67.2 Å². The molecular weight excluding hydrogens is 576 g/mol. The molecule has 8 heteroatoms. The molecule has 1 aromatic heterocycles. The minimum atomic E-state index is -0.626. The molecule has 46 heavy (non-hydrogen) atoms. The van der Waals surface area contributed by atoms with E-state index in [4.69, 9.17) is 9.47 Å². The zero-order chi connectivity index (χ0) is 32.8. The quantitative estimate of drug-likeness (QED) is 0.175. The van der Waals surface area contributed by atoms with E-state index >= 15 is 0 Å². The molecule has 4 aromatic rings. The molecule has 1 unspecified atom stereocenters. The van der Waals surface area contributed by atoms with Crippen molar-refractivity contribution < 1.29 is 19.1 Å². The van der Waals surface area contributed by atoms with Crippen LogP contribution in [0.15, 0.2) is 85.1 Å². The number of anilines is 1. The van der Waals surface area contributed by atoms with E-state index in [-0.39, 0.29) is 18.5 Å². The van der Waals surface area contributed by atoms with E-state index in [1.807, 2.05) is 56.0 Å². The highest BCUT2D eigenvalue weighted by molar-refractivity contribution is 5.89. The van der Waals surface area contributed by atoms with Gasteiger partial charge in [-0.3, -0.25) is 4.79 Å². The van der Waals surface area contributed by atoms with E-state index in [2.05, 4.69) is 78.0 Å². The third kappa shape index (κ3) is 7.73. The molecule has 0 spiro atoms. The van der Waals surface area contributed by atoms with Crippen LogP contribution in [0.2, 0.25) is 0 Å². The number of aryl methyl sites for hydroxylation is 1. The molecule has 1 aliphatic heterocycles. The summed E-state index contributed by atoms with van der Waals surface area (Å²) in [5.74, 6) is -0.00964. The SMILES string of the molecule is COCCCn1cc(CN(C(=O)C2CN(C(=O)OC(C)(C)C)CCN2c2cccc(-c3ccccc3)c2)C(C)C)c2ccccc21. The molecule has 1 fully saturated rings. The van der Waals surface area contributed by atoms with Crippen molar-refractivity contribution in [2.24, 2.45) is 0 Å². The van der Waals surface area contributed by atoms with Crippen LogP contribution < -0.4 is 4.90 Å². The van der Waals surface area contributed by atoms with Crippen LogP contribution in [0.5, 0.6) is 0 Å². The molecule has 0 N–H and O–H groups in total. The summed E-state index contributed by atoms with van der Waals surface area (Å²) in [6.45, 7) is 12.9. The van der Waals surface area contributed by atoms with Crippen molar-refractivity contribution in [3.05, 3.63) is 90.6 Å². The summed E-state index contributed by atoms with van der Waals surface area (Å²) in [4.78, 5) is 33.8. The van der Waals surface area contributed by atoms with Gasteiger partial charge in [-0.05, 0) is 75.9 Å². The summed E-state index contributed by atoms with van der Waals surface area (Å²) in [7, 11) is 1.72. The van der Waals surface area contributed by atoms with E-state index in [9.17, 15) is 9.59 Å². The molecule has 1 saturated heterocycles. The van der Waals surface area contributed by atoms with Crippen molar-refractivity contribution in [2.45, 2.75) is 71.8 Å². The highest BCUT2D eigenvalue weighted by Crippen LogP contribution is 2.30. The first-order valence-corrected chi connectivity index (χ1v) is 16.3. The lowest BCUT2D eigenvalue weighted by Gasteiger charge is -2.44. The van der Waals surface area contributed by atoms with Crippen molar-refractivity contribution in [1.29, 1.82) is 0 Å². The van der Waals surface area contributed by atoms with Crippen LogP contribution in [0.25, 0.3) is 22.0 Å². The molecule has 244 valence electrons. The highest BCUT2D eigenvalue weighted by Gasteiger charge is 2.39. The number of rotatable bonds is 10. The van der Waals surface area contributed by atoms with Gasteiger partial charge in [0, 0.05) is 68.7 Å².